The van der Waals surface area contributed by atoms with Crippen molar-refractivity contribution in [2.45, 2.75) is 65.5 Å². The minimum atomic E-state index is -0.288. The Bertz CT molecular complexity index is 561. The number of hydrogen-bond donors (Lipinski definition) is 1. The lowest BCUT2D eigenvalue weighted by Crippen LogP contribution is -2.24. The smallest absolute Gasteiger partial charge is 0.112 e. The quantitative estimate of drug-likeness (QED) is 0.791. The fourth-order valence-electron chi connectivity index (χ4n) is 3.12. The highest BCUT2D eigenvalue weighted by molar-refractivity contribution is 5.75. The van der Waals surface area contributed by atoms with E-state index in [4.69, 9.17) is 4.98 Å². The lowest BCUT2D eigenvalue weighted by atomic mass is 9.91. The van der Waals surface area contributed by atoms with Gasteiger partial charge in [-0.1, -0.05) is 45.2 Å². The molecule has 0 saturated carbocycles. The van der Waals surface area contributed by atoms with E-state index in [9.17, 15) is 5.11 Å². The van der Waals surface area contributed by atoms with Crippen molar-refractivity contribution in [2.75, 3.05) is 0 Å². The molecule has 0 spiro atoms. The summed E-state index contributed by atoms with van der Waals surface area (Å²) < 4.78 is 2.23. The van der Waals surface area contributed by atoms with Crippen LogP contribution in [0.3, 0.4) is 0 Å². The number of unbranched alkanes of at least 4 members (excludes halogenated alkanes) is 1. The maximum atomic E-state index is 10.6. The van der Waals surface area contributed by atoms with Crippen molar-refractivity contribution < 1.29 is 5.11 Å². The average Bonchev–Trinajstić information content (AvgIpc) is 2.85. The topological polar surface area (TPSA) is 38.1 Å². The maximum absolute atomic E-state index is 10.6. The van der Waals surface area contributed by atoms with Crippen LogP contribution in [0.2, 0.25) is 0 Å². The van der Waals surface area contributed by atoms with E-state index >= 15 is 0 Å². The van der Waals surface area contributed by atoms with Gasteiger partial charge in [-0.05, 0) is 31.4 Å². The van der Waals surface area contributed by atoms with Crippen LogP contribution >= 0.6 is 0 Å². The predicted molar refractivity (Wildman–Crippen MR) is 88.4 cm³/mol. The molecule has 2 atom stereocenters. The second kappa shape index (κ2) is 7.60. The normalized spacial score (nSPS) is 14.5. The first-order valence-electron chi connectivity index (χ1n) is 8.33. The molecule has 2 rings (SSSR count). The number of fused-ring (bicyclic) bond motifs is 1. The molecule has 1 aromatic carbocycles. The Balaban J connectivity index is 2.18. The van der Waals surface area contributed by atoms with Crippen molar-refractivity contribution in [3.8, 4) is 0 Å². The van der Waals surface area contributed by atoms with Gasteiger partial charge in [-0.15, -0.1) is 0 Å². The predicted octanol–water partition coefficient (Wildman–Crippen LogP) is 4.18. The number of imidazole rings is 1. The summed E-state index contributed by atoms with van der Waals surface area (Å²) in [5.74, 6) is 1.40. The summed E-state index contributed by atoms with van der Waals surface area (Å²) in [6.45, 7) is 7.41. The molecule has 1 aromatic heterocycles. The minimum absolute atomic E-state index is 0.288. The molecule has 0 fully saturated rings. The Morgan fingerprint density at radius 1 is 1.19 bits per heavy atom. The number of rotatable bonds is 8. The van der Waals surface area contributed by atoms with E-state index in [1.54, 1.807) is 0 Å². The Morgan fingerprint density at radius 3 is 2.62 bits per heavy atom. The summed E-state index contributed by atoms with van der Waals surface area (Å²) in [6.07, 6.45) is 4.90. The molecule has 3 heteroatoms. The number of hydrogen-bond acceptors (Lipinski definition) is 2. The third-order valence-electron chi connectivity index (χ3n) is 4.44. The molecule has 2 aromatic rings. The van der Waals surface area contributed by atoms with Gasteiger partial charge in [0.1, 0.15) is 5.82 Å². The maximum Gasteiger partial charge on any atom is 0.112 e. The lowest BCUT2D eigenvalue weighted by Gasteiger charge is -2.21. The van der Waals surface area contributed by atoms with Crippen LogP contribution in [0.25, 0.3) is 11.0 Å². The summed E-state index contributed by atoms with van der Waals surface area (Å²) in [5.41, 5.74) is 2.20. The molecule has 0 aliphatic carbocycles. The van der Waals surface area contributed by atoms with Crippen molar-refractivity contribution >= 4 is 11.0 Å². The summed E-state index contributed by atoms with van der Waals surface area (Å²) in [7, 11) is 0. The molecular formula is C18H28N2O. The van der Waals surface area contributed by atoms with Crippen LogP contribution in [-0.2, 0) is 13.0 Å². The average molecular weight is 288 g/mol. The van der Waals surface area contributed by atoms with Crippen LogP contribution in [0.15, 0.2) is 24.3 Å². The third kappa shape index (κ3) is 3.65. The highest BCUT2D eigenvalue weighted by Crippen LogP contribution is 2.22. The van der Waals surface area contributed by atoms with Crippen molar-refractivity contribution in [2.24, 2.45) is 5.92 Å². The lowest BCUT2D eigenvalue weighted by molar-refractivity contribution is 0.0961. The van der Waals surface area contributed by atoms with Gasteiger partial charge in [0.05, 0.1) is 17.1 Å². The van der Waals surface area contributed by atoms with Gasteiger partial charge in [-0.3, -0.25) is 0 Å². The van der Waals surface area contributed by atoms with Gasteiger partial charge in [-0.2, -0.15) is 0 Å². The molecule has 0 aliphatic heterocycles. The minimum Gasteiger partial charge on any atom is -0.392 e. The number of para-hydroxylation sites is 2. The molecule has 0 amide bonds. The Morgan fingerprint density at radius 2 is 1.95 bits per heavy atom. The second-order valence-electron chi connectivity index (χ2n) is 5.84. The number of aliphatic hydroxyl groups is 1. The van der Waals surface area contributed by atoms with Crippen LogP contribution in [0, 0.1) is 5.92 Å². The van der Waals surface area contributed by atoms with E-state index in [-0.39, 0.29) is 6.10 Å². The largest absolute Gasteiger partial charge is 0.392 e. The first-order valence-corrected chi connectivity index (χ1v) is 8.33. The van der Waals surface area contributed by atoms with Crippen LogP contribution in [0.4, 0.5) is 0 Å². The van der Waals surface area contributed by atoms with Gasteiger partial charge in [0.15, 0.2) is 0 Å². The number of aryl methyl sites for hydroxylation is 1. The zero-order valence-electron chi connectivity index (χ0n) is 13.5. The molecule has 116 valence electrons. The Hall–Kier alpha value is -1.35. The zero-order chi connectivity index (χ0) is 15.2. The van der Waals surface area contributed by atoms with Gasteiger partial charge in [0.25, 0.3) is 0 Å². The molecule has 0 radical (unpaired) electrons. The fourth-order valence-corrected chi connectivity index (χ4v) is 3.12. The first-order chi connectivity index (χ1) is 10.2. The monoisotopic (exact) mass is 288 g/mol. The summed E-state index contributed by atoms with van der Waals surface area (Å²) in [6, 6.07) is 8.22. The Labute approximate surface area is 128 Å². The highest BCUT2D eigenvalue weighted by atomic mass is 16.3. The number of aromatic nitrogens is 2. The van der Waals surface area contributed by atoms with Crippen LogP contribution < -0.4 is 0 Å². The van der Waals surface area contributed by atoms with Gasteiger partial charge in [-0.25, -0.2) is 4.98 Å². The molecule has 3 nitrogen and oxygen atoms in total. The van der Waals surface area contributed by atoms with Crippen LogP contribution in [0.5, 0.6) is 0 Å². The fraction of sp³-hybridized carbons (Fsp3) is 0.611. The number of benzene rings is 1. The van der Waals surface area contributed by atoms with E-state index in [0.29, 0.717) is 12.3 Å². The van der Waals surface area contributed by atoms with E-state index in [1.807, 2.05) is 18.2 Å². The second-order valence-corrected chi connectivity index (χ2v) is 5.84. The summed E-state index contributed by atoms with van der Waals surface area (Å²) >= 11 is 0. The zero-order valence-corrected chi connectivity index (χ0v) is 13.5. The van der Waals surface area contributed by atoms with Crippen LogP contribution in [-0.4, -0.2) is 20.8 Å². The van der Waals surface area contributed by atoms with Crippen molar-refractivity contribution in [3.63, 3.8) is 0 Å². The van der Waals surface area contributed by atoms with Crippen LogP contribution in [0.1, 0.15) is 52.3 Å². The highest BCUT2D eigenvalue weighted by Gasteiger charge is 2.20. The molecule has 1 heterocycles. The van der Waals surface area contributed by atoms with E-state index < -0.39 is 0 Å². The van der Waals surface area contributed by atoms with Gasteiger partial charge in [0.2, 0.25) is 0 Å². The van der Waals surface area contributed by atoms with Crippen molar-refractivity contribution in [1.29, 1.82) is 0 Å². The van der Waals surface area contributed by atoms with Gasteiger partial charge < -0.3 is 9.67 Å². The number of nitrogens with zero attached hydrogens (tertiary/aromatic N) is 2. The number of aliphatic hydroxyl groups excluding tert-OH is 1. The SMILES string of the molecule is CCCCC(CC)C(O)Cc1nc2ccccc2n1CC. The molecular weight excluding hydrogens is 260 g/mol. The standard InChI is InChI=1S/C18H28N2O/c1-4-7-10-14(5-2)17(21)13-18-19-15-11-8-9-12-16(15)20(18)6-3/h8-9,11-12,14,17,21H,4-7,10,13H2,1-3H3. The molecule has 2 unspecified atom stereocenters. The summed E-state index contributed by atoms with van der Waals surface area (Å²) in [4.78, 5) is 4.72. The van der Waals surface area contributed by atoms with E-state index in [2.05, 4.69) is 31.4 Å². The molecule has 21 heavy (non-hydrogen) atoms. The third-order valence-corrected chi connectivity index (χ3v) is 4.44. The van der Waals surface area contributed by atoms with E-state index in [0.717, 1.165) is 30.7 Å². The van der Waals surface area contributed by atoms with E-state index in [1.165, 1.54) is 18.4 Å². The molecule has 0 saturated heterocycles. The summed E-state index contributed by atoms with van der Waals surface area (Å²) in [5, 5.41) is 10.6. The molecule has 0 bridgehead atoms. The van der Waals surface area contributed by atoms with Crippen molar-refractivity contribution in [3.05, 3.63) is 30.1 Å². The molecule has 0 aliphatic rings. The van der Waals surface area contributed by atoms with Gasteiger partial charge >= 0.3 is 0 Å². The first kappa shape index (κ1) is 16.0. The molecule has 1 N–H and O–H groups in total. The van der Waals surface area contributed by atoms with Crippen molar-refractivity contribution in [1.82, 2.24) is 9.55 Å². The van der Waals surface area contributed by atoms with Gasteiger partial charge in [0, 0.05) is 13.0 Å². The Kier molecular flexibility index (Phi) is 5.80.